The number of carbonyl (C=O) groups is 1. The van der Waals surface area contributed by atoms with Gasteiger partial charge >= 0.3 is 17.8 Å². The molecule has 1 aromatic carbocycles. The first-order valence-electron chi connectivity index (χ1n) is 5.78. The zero-order valence-corrected chi connectivity index (χ0v) is 10.3. The van der Waals surface area contributed by atoms with E-state index < -0.39 is 34.7 Å². The van der Waals surface area contributed by atoms with Crippen LogP contribution in [0.15, 0.2) is 12.1 Å². The van der Waals surface area contributed by atoms with Crippen molar-refractivity contribution in [2.75, 3.05) is 6.54 Å². The van der Waals surface area contributed by atoms with Crippen LogP contribution in [0.5, 0.6) is 0 Å². The van der Waals surface area contributed by atoms with Crippen molar-refractivity contribution in [1.29, 1.82) is 0 Å². The molecule has 0 aliphatic carbocycles. The number of benzene rings is 1. The van der Waals surface area contributed by atoms with Gasteiger partial charge in [0.1, 0.15) is 6.17 Å². The summed E-state index contributed by atoms with van der Waals surface area (Å²) >= 11 is 0. The number of carbonyl (C=O) groups excluding carboxylic acids is 1. The number of nitrogens with one attached hydrogen (secondary N) is 2. The van der Waals surface area contributed by atoms with Gasteiger partial charge in [0.25, 0.3) is 0 Å². The fourth-order valence-corrected chi connectivity index (χ4v) is 2.05. The van der Waals surface area contributed by atoms with Crippen LogP contribution in [-0.2, 0) is 11.2 Å². The maximum Gasteiger partial charge on any atom is 0.471 e. The minimum Gasteiger partial charge on any atom is -0.329 e. The second-order valence-corrected chi connectivity index (χ2v) is 4.37. The minimum atomic E-state index is -5.07. The molecule has 2 N–H and O–H groups in total. The summed E-state index contributed by atoms with van der Waals surface area (Å²) in [4.78, 5) is 20.6. The Kier molecular flexibility index (Phi) is 3.81. The third kappa shape index (κ3) is 3.10. The summed E-state index contributed by atoms with van der Waals surface area (Å²) in [6.07, 6.45) is -6.05. The number of halogens is 4. The second kappa shape index (κ2) is 5.28. The van der Waals surface area contributed by atoms with Crippen molar-refractivity contribution in [2.45, 2.75) is 18.8 Å². The van der Waals surface area contributed by atoms with Crippen LogP contribution in [-0.4, -0.2) is 23.6 Å². The first kappa shape index (κ1) is 15.2. The van der Waals surface area contributed by atoms with Crippen molar-refractivity contribution < 1.29 is 27.3 Å². The average Bonchev–Trinajstić information content (AvgIpc) is 2.37. The fourth-order valence-electron chi connectivity index (χ4n) is 2.05. The molecule has 1 aliphatic heterocycles. The molecule has 0 fully saturated rings. The number of hydrogen-bond donors (Lipinski definition) is 2. The van der Waals surface area contributed by atoms with Crippen LogP contribution in [0, 0.1) is 15.9 Å². The van der Waals surface area contributed by atoms with E-state index in [1.165, 1.54) is 0 Å². The first-order valence-corrected chi connectivity index (χ1v) is 5.78. The number of amides is 1. The Morgan fingerprint density at radius 2 is 2.10 bits per heavy atom. The number of nitro groups is 1. The summed E-state index contributed by atoms with van der Waals surface area (Å²) < 4.78 is 50.2. The van der Waals surface area contributed by atoms with E-state index in [0.717, 1.165) is 12.1 Å². The minimum absolute atomic E-state index is 0.0435. The lowest BCUT2D eigenvalue weighted by atomic mass is 9.97. The summed E-state index contributed by atoms with van der Waals surface area (Å²) in [6, 6.07) is 1.74. The number of rotatable bonds is 2. The Hall–Kier alpha value is -2.23. The normalized spacial score (nSPS) is 18.0. The molecule has 1 atom stereocenters. The predicted octanol–water partition coefficient (Wildman–Crippen LogP) is 1.56. The molecule has 0 saturated carbocycles. The molecule has 0 bridgehead atoms. The molecule has 114 valence electrons. The Morgan fingerprint density at radius 1 is 1.43 bits per heavy atom. The summed E-state index contributed by atoms with van der Waals surface area (Å²) in [5, 5.41) is 14.9. The van der Waals surface area contributed by atoms with Crippen LogP contribution < -0.4 is 10.6 Å². The summed E-state index contributed by atoms with van der Waals surface area (Å²) in [6.45, 7) is 0.193. The van der Waals surface area contributed by atoms with E-state index >= 15 is 0 Å². The smallest absolute Gasteiger partial charge is 0.329 e. The van der Waals surface area contributed by atoms with Crippen molar-refractivity contribution in [3.8, 4) is 0 Å². The molecule has 0 aromatic heterocycles. The van der Waals surface area contributed by atoms with Gasteiger partial charge in [0.15, 0.2) is 0 Å². The zero-order chi connectivity index (χ0) is 15.8. The summed E-state index contributed by atoms with van der Waals surface area (Å²) in [7, 11) is 0. The summed E-state index contributed by atoms with van der Waals surface area (Å²) in [5.74, 6) is -3.35. The van der Waals surface area contributed by atoms with Gasteiger partial charge in [0.2, 0.25) is 5.82 Å². The largest absolute Gasteiger partial charge is 0.471 e. The number of nitrogens with zero attached hydrogens (tertiary/aromatic N) is 1. The topological polar surface area (TPSA) is 84.3 Å². The van der Waals surface area contributed by atoms with Gasteiger partial charge in [-0.25, -0.2) is 0 Å². The molecule has 6 nitrogen and oxygen atoms in total. The van der Waals surface area contributed by atoms with Crippen LogP contribution in [0.4, 0.5) is 23.2 Å². The van der Waals surface area contributed by atoms with Crippen LogP contribution in [0.1, 0.15) is 17.3 Å². The van der Waals surface area contributed by atoms with Gasteiger partial charge in [-0.2, -0.15) is 17.6 Å². The molecule has 1 amide bonds. The van der Waals surface area contributed by atoms with Crippen LogP contribution >= 0.6 is 0 Å². The van der Waals surface area contributed by atoms with Gasteiger partial charge in [-0.1, -0.05) is 0 Å². The van der Waals surface area contributed by atoms with Crippen molar-refractivity contribution in [3.05, 3.63) is 39.2 Å². The van der Waals surface area contributed by atoms with E-state index in [1.807, 2.05) is 0 Å². The highest BCUT2D eigenvalue weighted by Crippen LogP contribution is 2.29. The fraction of sp³-hybridized carbons (Fsp3) is 0.364. The van der Waals surface area contributed by atoms with Crippen LogP contribution in [0.3, 0.4) is 0 Å². The van der Waals surface area contributed by atoms with Crippen molar-refractivity contribution >= 4 is 11.6 Å². The summed E-state index contributed by atoms with van der Waals surface area (Å²) in [5.41, 5.74) is -0.396. The number of alkyl halides is 3. The third-order valence-electron chi connectivity index (χ3n) is 2.99. The monoisotopic (exact) mass is 307 g/mol. The molecule has 1 unspecified atom stereocenters. The van der Waals surface area contributed by atoms with E-state index in [4.69, 9.17) is 0 Å². The molecule has 0 radical (unpaired) electrons. The lowest BCUT2D eigenvalue weighted by Crippen LogP contribution is -2.46. The zero-order valence-electron chi connectivity index (χ0n) is 10.3. The lowest BCUT2D eigenvalue weighted by molar-refractivity contribution is -0.387. The number of hydrogen-bond acceptors (Lipinski definition) is 4. The standard InChI is InChI=1S/C11H9F4N3O3/c12-7-4-6-5(3-8(7)18(20)21)1-2-16-9(6)17-10(19)11(13,14)15/h3-4,9,16H,1-2H2,(H,17,19). The Morgan fingerprint density at radius 3 is 2.67 bits per heavy atom. The SMILES string of the molecule is O=C(NC1NCCc2cc([N+](=O)[O-])c(F)cc21)C(F)(F)F. The lowest BCUT2D eigenvalue weighted by Gasteiger charge is -2.27. The highest BCUT2D eigenvalue weighted by molar-refractivity contribution is 5.82. The van der Waals surface area contributed by atoms with E-state index in [9.17, 15) is 32.5 Å². The van der Waals surface area contributed by atoms with Crippen LogP contribution in [0.2, 0.25) is 0 Å². The molecule has 0 saturated heterocycles. The van der Waals surface area contributed by atoms with E-state index in [0.29, 0.717) is 5.56 Å². The van der Waals surface area contributed by atoms with E-state index in [1.54, 1.807) is 5.32 Å². The predicted molar refractivity (Wildman–Crippen MR) is 61.7 cm³/mol. The average molecular weight is 307 g/mol. The van der Waals surface area contributed by atoms with Gasteiger partial charge in [0.05, 0.1) is 4.92 Å². The van der Waals surface area contributed by atoms with Crippen LogP contribution in [0.25, 0.3) is 0 Å². The highest BCUT2D eigenvalue weighted by Gasteiger charge is 2.40. The Labute approximate surface area is 115 Å². The Balaban J connectivity index is 2.34. The van der Waals surface area contributed by atoms with E-state index in [-0.39, 0.29) is 18.5 Å². The van der Waals surface area contributed by atoms with Gasteiger partial charge in [0, 0.05) is 12.6 Å². The van der Waals surface area contributed by atoms with Crippen molar-refractivity contribution in [3.63, 3.8) is 0 Å². The molecular weight excluding hydrogens is 298 g/mol. The molecule has 21 heavy (non-hydrogen) atoms. The van der Waals surface area contributed by atoms with Gasteiger partial charge < -0.3 is 5.32 Å². The highest BCUT2D eigenvalue weighted by atomic mass is 19.4. The molecule has 1 heterocycles. The molecule has 1 aliphatic rings. The maximum absolute atomic E-state index is 13.6. The maximum atomic E-state index is 13.6. The van der Waals surface area contributed by atoms with Gasteiger partial charge in [-0.05, 0) is 23.6 Å². The number of fused-ring (bicyclic) bond motifs is 1. The Bertz CT molecular complexity index is 603. The van der Waals surface area contributed by atoms with Crippen molar-refractivity contribution in [2.24, 2.45) is 0 Å². The quantitative estimate of drug-likeness (QED) is 0.493. The third-order valence-corrected chi connectivity index (χ3v) is 2.99. The molecule has 1 aromatic rings. The number of nitro benzene ring substituents is 1. The molecular formula is C11H9F4N3O3. The van der Waals surface area contributed by atoms with Gasteiger partial charge in [-0.3, -0.25) is 20.2 Å². The first-order chi connectivity index (χ1) is 9.70. The molecule has 0 spiro atoms. The molecule has 2 rings (SSSR count). The van der Waals surface area contributed by atoms with E-state index in [2.05, 4.69) is 5.32 Å². The van der Waals surface area contributed by atoms with Gasteiger partial charge in [-0.15, -0.1) is 0 Å². The molecule has 10 heteroatoms. The van der Waals surface area contributed by atoms with Crippen molar-refractivity contribution in [1.82, 2.24) is 10.6 Å². The second-order valence-electron chi connectivity index (χ2n) is 4.37.